The Morgan fingerprint density at radius 3 is 2.93 bits per heavy atom. The highest BCUT2D eigenvalue weighted by Crippen LogP contribution is 2.22. The fourth-order valence-electron chi connectivity index (χ4n) is 3.39. The van der Waals surface area contributed by atoms with Crippen molar-refractivity contribution in [3.63, 3.8) is 0 Å². The zero-order valence-electron chi connectivity index (χ0n) is 17.7. The quantitative estimate of drug-likeness (QED) is 0.366. The number of nitrogens with one attached hydrogen (secondary N) is 1. The van der Waals surface area contributed by atoms with E-state index in [2.05, 4.69) is 47.4 Å². The van der Waals surface area contributed by atoms with Crippen LogP contribution in [0.4, 0.5) is 0 Å². The Morgan fingerprint density at radius 2 is 2.24 bits per heavy atom. The number of hydrogen-bond acceptors (Lipinski definition) is 4. The largest absolute Gasteiger partial charge is 0.496 e. The smallest absolute Gasteiger partial charge is 0.194 e. The molecule has 8 heteroatoms. The van der Waals surface area contributed by atoms with Gasteiger partial charge in [-0.3, -0.25) is 9.67 Å². The van der Waals surface area contributed by atoms with Gasteiger partial charge in [-0.2, -0.15) is 5.10 Å². The average molecular weight is 513 g/mol. The molecule has 3 rings (SSSR count). The fraction of sp³-hybridized carbons (Fsp3) is 0.524. The van der Waals surface area contributed by atoms with Crippen LogP contribution < -0.4 is 10.1 Å². The van der Waals surface area contributed by atoms with Crippen molar-refractivity contribution in [1.82, 2.24) is 20.0 Å². The lowest BCUT2D eigenvalue weighted by Crippen LogP contribution is -2.48. The van der Waals surface area contributed by atoms with Crippen LogP contribution in [-0.4, -0.2) is 60.5 Å². The minimum absolute atomic E-state index is 0. The van der Waals surface area contributed by atoms with Gasteiger partial charge in [0.05, 0.1) is 26.5 Å². The molecule has 1 aromatic heterocycles. The molecule has 0 radical (unpaired) electrons. The van der Waals surface area contributed by atoms with Gasteiger partial charge in [-0.1, -0.05) is 12.1 Å². The van der Waals surface area contributed by atoms with Crippen molar-refractivity contribution < 1.29 is 9.47 Å². The maximum Gasteiger partial charge on any atom is 0.194 e. The van der Waals surface area contributed by atoms with Gasteiger partial charge >= 0.3 is 0 Å². The van der Waals surface area contributed by atoms with Crippen LogP contribution in [0.15, 0.2) is 35.6 Å². The average Bonchev–Trinajstić information content (AvgIpc) is 3.15. The molecule has 2 aromatic rings. The minimum Gasteiger partial charge on any atom is -0.496 e. The predicted molar refractivity (Wildman–Crippen MR) is 126 cm³/mol. The van der Waals surface area contributed by atoms with E-state index in [9.17, 15) is 0 Å². The van der Waals surface area contributed by atoms with E-state index in [1.54, 1.807) is 7.11 Å². The van der Waals surface area contributed by atoms with Gasteiger partial charge in [0.25, 0.3) is 0 Å². The Bertz CT molecular complexity index is 808. The second-order valence-corrected chi connectivity index (χ2v) is 7.04. The maximum absolute atomic E-state index is 5.95. The number of rotatable bonds is 6. The Morgan fingerprint density at radius 1 is 1.41 bits per heavy atom. The summed E-state index contributed by atoms with van der Waals surface area (Å²) < 4.78 is 13.2. The van der Waals surface area contributed by atoms with Gasteiger partial charge in [0, 0.05) is 38.4 Å². The summed E-state index contributed by atoms with van der Waals surface area (Å²) in [5, 5.41) is 7.69. The summed E-state index contributed by atoms with van der Waals surface area (Å²) in [5.74, 6) is 1.87. The molecule has 160 valence electrons. The normalized spacial score (nSPS) is 17.0. The van der Waals surface area contributed by atoms with Gasteiger partial charge in [0.2, 0.25) is 0 Å². The number of halogens is 1. The standard InChI is InChI=1S/C21H31N5O2.HI/c1-5-22-21(23-9-8-17-7-6-16(2)19(12-17)27-4)26-10-11-28-20(15-26)18-13-24-25(3)14-18;/h6-7,12-14,20H,5,8-11,15H2,1-4H3,(H,22,23);1H. The van der Waals surface area contributed by atoms with Crippen LogP contribution in [0.25, 0.3) is 0 Å². The Balaban J connectivity index is 0.00000300. The van der Waals surface area contributed by atoms with E-state index >= 15 is 0 Å². The molecule has 0 spiro atoms. The lowest BCUT2D eigenvalue weighted by Gasteiger charge is -2.34. The topological polar surface area (TPSA) is 63.9 Å². The second-order valence-electron chi connectivity index (χ2n) is 7.04. The number of ether oxygens (including phenoxy) is 2. The van der Waals surface area contributed by atoms with Crippen molar-refractivity contribution in [2.24, 2.45) is 12.0 Å². The second kappa shape index (κ2) is 11.4. The molecule has 29 heavy (non-hydrogen) atoms. The summed E-state index contributed by atoms with van der Waals surface area (Å²) in [7, 11) is 3.64. The number of aryl methyl sites for hydroxylation is 2. The number of morpholine rings is 1. The number of hydrogen-bond donors (Lipinski definition) is 1. The summed E-state index contributed by atoms with van der Waals surface area (Å²) in [6.07, 6.45) is 4.79. The highest BCUT2D eigenvalue weighted by atomic mass is 127. The molecule has 1 saturated heterocycles. The molecule has 1 aliphatic rings. The van der Waals surface area contributed by atoms with Crippen LogP contribution in [0.2, 0.25) is 0 Å². The summed E-state index contributed by atoms with van der Waals surface area (Å²) >= 11 is 0. The van der Waals surface area contributed by atoms with Crippen molar-refractivity contribution >= 4 is 29.9 Å². The van der Waals surface area contributed by atoms with Crippen LogP contribution in [-0.2, 0) is 18.2 Å². The molecule has 1 N–H and O–H groups in total. The number of aliphatic imine (C=N–C) groups is 1. The summed E-state index contributed by atoms with van der Waals surface area (Å²) in [5.41, 5.74) is 3.49. The number of benzene rings is 1. The van der Waals surface area contributed by atoms with Crippen molar-refractivity contribution in [3.8, 4) is 5.75 Å². The molecule has 7 nitrogen and oxygen atoms in total. The summed E-state index contributed by atoms with van der Waals surface area (Å²) in [6, 6.07) is 6.35. The molecule has 1 atom stereocenters. The van der Waals surface area contributed by atoms with Crippen molar-refractivity contribution in [3.05, 3.63) is 47.3 Å². The van der Waals surface area contributed by atoms with Gasteiger partial charge in [0.1, 0.15) is 11.9 Å². The number of nitrogens with zero attached hydrogens (tertiary/aromatic N) is 4. The first-order valence-corrected chi connectivity index (χ1v) is 9.87. The minimum atomic E-state index is 0. The van der Waals surface area contributed by atoms with Gasteiger partial charge in [-0.05, 0) is 37.5 Å². The first-order chi connectivity index (χ1) is 13.6. The van der Waals surface area contributed by atoms with E-state index in [1.807, 2.05) is 24.1 Å². The van der Waals surface area contributed by atoms with Crippen LogP contribution in [0.3, 0.4) is 0 Å². The number of guanidine groups is 1. The molecular formula is C21H32IN5O2. The van der Waals surface area contributed by atoms with Crippen LogP contribution in [0.1, 0.15) is 29.7 Å². The van der Waals surface area contributed by atoms with Gasteiger partial charge in [-0.15, -0.1) is 24.0 Å². The van der Waals surface area contributed by atoms with E-state index in [-0.39, 0.29) is 30.1 Å². The third-order valence-corrected chi connectivity index (χ3v) is 4.93. The molecule has 0 bridgehead atoms. The predicted octanol–water partition coefficient (Wildman–Crippen LogP) is 2.94. The first-order valence-electron chi connectivity index (χ1n) is 9.87. The monoisotopic (exact) mass is 513 g/mol. The Kier molecular flexibility index (Phi) is 9.22. The number of aromatic nitrogens is 2. The lowest BCUT2D eigenvalue weighted by molar-refractivity contribution is -0.00803. The zero-order chi connectivity index (χ0) is 19.9. The fourth-order valence-corrected chi connectivity index (χ4v) is 3.39. The van der Waals surface area contributed by atoms with Crippen LogP contribution >= 0.6 is 24.0 Å². The lowest BCUT2D eigenvalue weighted by atomic mass is 10.1. The van der Waals surface area contributed by atoms with Crippen molar-refractivity contribution in [2.75, 3.05) is 39.9 Å². The van der Waals surface area contributed by atoms with Crippen molar-refractivity contribution in [1.29, 1.82) is 0 Å². The molecule has 1 aromatic carbocycles. The highest BCUT2D eigenvalue weighted by Gasteiger charge is 2.25. The van der Waals surface area contributed by atoms with Crippen molar-refractivity contribution in [2.45, 2.75) is 26.4 Å². The third-order valence-electron chi connectivity index (χ3n) is 4.93. The van der Waals surface area contributed by atoms with Gasteiger partial charge in [-0.25, -0.2) is 0 Å². The Labute approximate surface area is 190 Å². The molecule has 0 saturated carbocycles. The molecule has 0 aliphatic carbocycles. The van der Waals surface area contributed by atoms with Crippen LogP contribution in [0, 0.1) is 6.92 Å². The molecule has 1 aliphatic heterocycles. The maximum atomic E-state index is 5.95. The van der Waals surface area contributed by atoms with E-state index in [0.29, 0.717) is 6.61 Å². The summed E-state index contributed by atoms with van der Waals surface area (Å²) in [6.45, 7) is 8.01. The highest BCUT2D eigenvalue weighted by molar-refractivity contribution is 14.0. The van der Waals surface area contributed by atoms with E-state index in [4.69, 9.17) is 14.5 Å². The third kappa shape index (κ3) is 6.33. The molecule has 1 fully saturated rings. The van der Waals surface area contributed by atoms with E-state index < -0.39 is 0 Å². The molecule has 1 unspecified atom stereocenters. The zero-order valence-corrected chi connectivity index (χ0v) is 20.1. The van der Waals surface area contributed by atoms with Crippen LogP contribution in [0.5, 0.6) is 5.75 Å². The Hall–Kier alpha value is -1.81. The van der Waals surface area contributed by atoms with E-state index in [0.717, 1.165) is 55.4 Å². The molecule has 0 amide bonds. The van der Waals surface area contributed by atoms with Gasteiger partial charge in [0.15, 0.2) is 5.96 Å². The molecule has 2 heterocycles. The van der Waals surface area contributed by atoms with Gasteiger partial charge < -0.3 is 19.7 Å². The molecular weight excluding hydrogens is 481 g/mol. The SMILES string of the molecule is CCNC(=NCCc1ccc(C)c(OC)c1)N1CCOC(c2cnn(C)c2)C1.I. The van der Waals surface area contributed by atoms with E-state index in [1.165, 1.54) is 5.56 Å². The first kappa shape index (κ1) is 23.5. The summed E-state index contributed by atoms with van der Waals surface area (Å²) in [4.78, 5) is 7.14. The number of methoxy groups -OCH3 is 1.